The third kappa shape index (κ3) is 3.59. The molecule has 2 heterocycles. The number of hydrogen-bond donors (Lipinski definition) is 0. The number of aryl methyl sites for hydroxylation is 2. The van der Waals surface area contributed by atoms with Crippen LogP contribution in [0.1, 0.15) is 27.8 Å². The zero-order valence-corrected chi connectivity index (χ0v) is 19.1. The fourth-order valence-electron chi connectivity index (χ4n) is 4.80. The van der Waals surface area contributed by atoms with Crippen molar-refractivity contribution in [3.8, 4) is 5.75 Å². The van der Waals surface area contributed by atoms with Crippen LogP contribution in [0, 0.1) is 13.8 Å². The molecule has 0 saturated heterocycles. The molecular weight excluding hydrogens is 412 g/mol. The van der Waals surface area contributed by atoms with Crippen LogP contribution < -0.4 is 9.64 Å². The van der Waals surface area contributed by atoms with Crippen LogP contribution in [0.5, 0.6) is 5.75 Å². The van der Waals surface area contributed by atoms with E-state index < -0.39 is 0 Å². The molecule has 0 N–H and O–H groups in total. The number of anilines is 1. The highest BCUT2D eigenvalue weighted by atomic mass is 16.5. The van der Waals surface area contributed by atoms with Crippen molar-refractivity contribution in [2.75, 3.05) is 18.6 Å². The predicted octanol–water partition coefficient (Wildman–Crippen LogP) is 4.65. The maximum absolute atomic E-state index is 13.8. The molecule has 0 fully saturated rings. The summed E-state index contributed by atoms with van der Waals surface area (Å²) < 4.78 is 5.25. The van der Waals surface area contributed by atoms with Crippen LogP contribution >= 0.6 is 0 Å². The van der Waals surface area contributed by atoms with E-state index in [0.717, 1.165) is 23.1 Å². The SMILES string of the molecule is COc1ccc(N2C(=O)C(c3ccc(C)cc3C)=C(N3CCc4ccccc4C3)C2=O)cc1. The summed E-state index contributed by atoms with van der Waals surface area (Å²) >= 11 is 0. The molecular formula is C28H26N2O3. The van der Waals surface area contributed by atoms with E-state index in [4.69, 9.17) is 4.74 Å². The number of fused-ring (bicyclic) bond motifs is 1. The van der Waals surface area contributed by atoms with Gasteiger partial charge in [-0.2, -0.15) is 0 Å². The fraction of sp³-hybridized carbons (Fsp3) is 0.214. The van der Waals surface area contributed by atoms with Crippen LogP contribution in [-0.2, 0) is 22.6 Å². The van der Waals surface area contributed by atoms with Crippen molar-refractivity contribution in [2.24, 2.45) is 0 Å². The summed E-state index contributed by atoms with van der Waals surface area (Å²) in [5, 5.41) is 0. The Labute approximate surface area is 193 Å². The summed E-state index contributed by atoms with van der Waals surface area (Å²) in [5.74, 6) is 0.110. The molecule has 2 amide bonds. The lowest BCUT2D eigenvalue weighted by molar-refractivity contribution is -0.120. The zero-order valence-electron chi connectivity index (χ0n) is 19.1. The molecule has 0 saturated carbocycles. The molecule has 0 aliphatic carbocycles. The molecule has 0 bridgehead atoms. The second-order valence-corrected chi connectivity index (χ2v) is 8.63. The van der Waals surface area contributed by atoms with E-state index in [1.807, 2.05) is 38.1 Å². The van der Waals surface area contributed by atoms with Gasteiger partial charge in [0.15, 0.2) is 0 Å². The highest BCUT2D eigenvalue weighted by molar-refractivity contribution is 6.45. The number of carbonyl (C=O) groups is 2. The second kappa shape index (κ2) is 8.24. The van der Waals surface area contributed by atoms with E-state index in [9.17, 15) is 9.59 Å². The Balaban J connectivity index is 1.63. The summed E-state index contributed by atoms with van der Waals surface area (Å²) in [5.41, 5.74) is 6.91. The van der Waals surface area contributed by atoms with Gasteiger partial charge in [-0.25, -0.2) is 4.90 Å². The number of hydrogen-bond acceptors (Lipinski definition) is 4. The summed E-state index contributed by atoms with van der Waals surface area (Å²) in [6.07, 6.45) is 0.837. The number of benzene rings is 3. The number of nitrogens with zero attached hydrogens (tertiary/aromatic N) is 2. The van der Waals surface area contributed by atoms with Crippen molar-refractivity contribution >= 4 is 23.1 Å². The summed E-state index contributed by atoms with van der Waals surface area (Å²) in [6.45, 7) is 5.32. The van der Waals surface area contributed by atoms with Crippen molar-refractivity contribution in [3.05, 3.63) is 100 Å². The number of methoxy groups -OCH3 is 1. The van der Waals surface area contributed by atoms with Gasteiger partial charge in [-0.15, -0.1) is 0 Å². The molecule has 0 spiro atoms. The van der Waals surface area contributed by atoms with E-state index in [1.54, 1.807) is 31.4 Å². The highest BCUT2D eigenvalue weighted by Gasteiger charge is 2.43. The Bertz CT molecular complexity index is 1290. The van der Waals surface area contributed by atoms with Gasteiger partial charge in [-0.1, -0.05) is 48.0 Å². The monoisotopic (exact) mass is 438 g/mol. The number of ether oxygens (including phenoxy) is 1. The summed E-state index contributed by atoms with van der Waals surface area (Å²) in [7, 11) is 1.59. The first-order valence-electron chi connectivity index (χ1n) is 11.1. The van der Waals surface area contributed by atoms with Gasteiger partial charge in [0.1, 0.15) is 11.4 Å². The normalized spacial score (nSPS) is 15.8. The van der Waals surface area contributed by atoms with Gasteiger partial charge in [0.2, 0.25) is 0 Å². The molecule has 5 nitrogen and oxygen atoms in total. The average molecular weight is 439 g/mol. The van der Waals surface area contributed by atoms with Crippen molar-refractivity contribution in [1.29, 1.82) is 0 Å². The van der Waals surface area contributed by atoms with Crippen molar-refractivity contribution < 1.29 is 14.3 Å². The molecule has 0 aromatic heterocycles. The van der Waals surface area contributed by atoms with Crippen molar-refractivity contribution in [2.45, 2.75) is 26.8 Å². The maximum Gasteiger partial charge on any atom is 0.282 e. The van der Waals surface area contributed by atoms with Gasteiger partial charge < -0.3 is 9.64 Å². The van der Waals surface area contributed by atoms with Gasteiger partial charge in [-0.3, -0.25) is 9.59 Å². The highest BCUT2D eigenvalue weighted by Crippen LogP contribution is 2.38. The van der Waals surface area contributed by atoms with Crippen LogP contribution in [0.25, 0.3) is 5.57 Å². The average Bonchev–Trinajstić information content (AvgIpc) is 3.08. The number of rotatable bonds is 4. The Kier molecular flexibility index (Phi) is 5.25. The molecule has 0 atom stereocenters. The first-order chi connectivity index (χ1) is 16.0. The Morgan fingerprint density at radius 1 is 0.848 bits per heavy atom. The largest absolute Gasteiger partial charge is 0.497 e. The van der Waals surface area contributed by atoms with E-state index in [-0.39, 0.29) is 11.8 Å². The fourth-order valence-corrected chi connectivity index (χ4v) is 4.80. The Hall–Kier alpha value is -3.86. The molecule has 3 aromatic carbocycles. The van der Waals surface area contributed by atoms with Gasteiger partial charge in [-0.05, 0) is 66.8 Å². The first kappa shape index (κ1) is 21.0. The minimum Gasteiger partial charge on any atom is -0.497 e. The molecule has 2 aliphatic rings. The smallest absolute Gasteiger partial charge is 0.282 e. The number of amides is 2. The molecule has 5 rings (SSSR count). The predicted molar refractivity (Wildman–Crippen MR) is 129 cm³/mol. The van der Waals surface area contributed by atoms with Crippen molar-refractivity contribution in [1.82, 2.24) is 4.90 Å². The van der Waals surface area contributed by atoms with Gasteiger partial charge >= 0.3 is 0 Å². The van der Waals surface area contributed by atoms with Gasteiger partial charge in [0.25, 0.3) is 11.8 Å². The van der Waals surface area contributed by atoms with Crippen LogP contribution in [0.4, 0.5) is 5.69 Å². The van der Waals surface area contributed by atoms with Gasteiger partial charge in [0, 0.05) is 13.1 Å². The molecule has 33 heavy (non-hydrogen) atoms. The molecule has 3 aromatic rings. The second-order valence-electron chi connectivity index (χ2n) is 8.63. The third-order valence-electron chi connectivity index (χ3n) is 6.49. The van der Waals surface area contributed by atoms with E-state index in [0.29, 0.717) is 35.8 Å². The Morgan fingerprint density at radius 2 is 1.58 bits per heavy atom. The number of carbonyl (C=O) groups excluding carboxylic acids is 2. The molecule has 0 radical (unpaired) electrons. The lowest BCUT2D eigenvalue weighted by Gasteiger charge is -2.31. The first-order valence-corrected chi connectivity index (χ1v) is 11.1. The van der Waals surface area contributed by atoms with Gasteiger partial charge in [0.05, 0.1) is 18.4 Å². The third-order valence-corrected chi connectivity index (χ3v) is 6.49. The van der Waals surface area contributed by atoms with E-state index >= 15 is 0 Å². The van der Waals surface area contributed by atoms with E-state index in [1.165, 1.54) is 16.0 Å². The molecule has 166 valence electrons. The number of imide groups is 1. The maximum atomic E-state index is 13.8. The van der Waals surface area contributed by atoms with Crippen molar-refractivity contribution in [3.63, 3.8) is 0 Å². The minimum atomic E-state index is -0.286. The van der Waals surface area contributed by atoms with Crippen LogP contribution in [0.2, 0.25) is 0 Å². The van der Waals surface area contributed by atoms with Crippen LogP contribution in [0.15, 0.2) is 72.4 Å². The molecule has 5 heteroatoms. The standard InChI is InChI=1S/C28H26N2O3/c1-18-8-13-24(19(2)16-18)25-26(29-15-14-20-6-4-5-7-21(20)17-29)28(32)30(27(25)31)22-9-11-23(33-3)12-10-22/h4-13,16H,14-15,17H2,1-3H3. The van der Waals surface area contributed by atoms with Crippen LogP contribution in [0.3, 0.4) is 0 Å². The quantitative estimate of drug-likeness (QED) is 0.556. The Morgan fingerprint density at radius 3 is 2.27 bits per heavy atom. The summed E-state index contributed by atoms with van der Waals surface area (Å²) in [6, 6.07) is 21.3. The van der Waals surface area contributed by atoms with Crippen LogP contribution in [-0.4, -0.2) is 30.4 Å². The molecule has 0 unspecified atom stereocenters. The summed E-state index contributed by atoms with van der Waals surface area (Å²) in [4.78, 5) is 31.0. The minimum absolute atomic E-state index is 0.278. The molecule has 2 aliphatic heterocycles. The lowest BCUT2D eigenvalue weighted by Crippen LogP contribution is -2.37. The topological polar surface area (TPSA) is 49.9 Å². The zero-order chi connectivity index (χ0) is 23.1. The van der Waals surface area contributed by atoms with E-state index in [2.05, 4.69) is 23.1 Å². The lowest BCUT2D eigenvalue weighted by atomic mass is 9.95.